The molecule has 1 heterocycles. The predicted molar refractivity (Wildman–Crippen MR) is 101 cm³/mol. The molecule has 0 saturated carbocycles. The van der Waals surface area contributed by atoms with E-state index in [2.05, 4.69) is 0 Å². The van der Waals surface area contributed by atoms with E-state index in [1.165, 1.54) is 19.1 Å². The lowest BCUT2D eigenvalue weighted by molar-refractivity contribution is -0.314. The molecule has 0 amide bonds. The second-order valence-corrected chi connectivity index (χ2v) is 7.48. The van der Waals surface area contributed by atoms with Gasteiger partial charge in [0.15, 0.2) is 5.60 Å². The molecule has 4 N–H and O–H groups in total. The topological polar surface area (TPSA) is 99.4 Å². The molecule has 0 spiro atoms. The van der Waals surface area contributed by atoms with E-state index in [0.717, 1.165) is 11.1 Å². The van der Waals surface area contributed by atoms with E-state index in [1.807, 2.05) is 0 Å². The molecular weight excluding hydrogens is 391 g/mol. The maximum Gasteiger partial charge on any atom is 0.231 e. The highest BCUT2D eigenvalue weighted by Crippen LogP contribution is 2.34. The minimum Gasteiger partial charge on any atom is -0.461 e. The molecule has 0 bridgehead atoms. The summed E-state index contributed by atoms with van der Waals surface area (Å²) in [6, 6.07) is 9.59. The van der Waals surface area contributed by atoms with E-state index < -0.39 is 42.6 Å². The van der Waals surface area contributed by atoms with Gasteiger partial charge in [0.1, 0.15) is 29.9 Å². The number of benzene rings is 2. The number of hydrogen-bond acceptors (Lipinski definition) is 6. The molecule has 1 fully saturated rings. The van der Waals surface area contributed by atoms with Gasteiger partial charge in [-0.15, -0.1) is 0 Å². The van der Waals surface area contributed by atoms with Gasteiger partial charge in [0.2, 0.25) is 6.29 Å². The smallest absolute Gasteiger partial charge is 0.231 e. The molecule has 6 nitrogen and oxygen atoms in total. The summed E-state index contributed by atoms with van der Waals surface area (Å²) in [6.45, 7) is 2.51. The Bertz CT molecular complexity index is 859. The zero-order chi connectivity index (χ0) is 20.6. The van der Waals surface area contributed by atoms with Crippen LogP contribution >= 0.6 is 11.6 Å². The third kappa shape index (κ3) is 3.87. The van der Waals surface area contributed by atoms with Crippen LogP contribution in [0.4, 0.5) is 4.39 Å². The second kappa shape index (κ2) is 7.94. The first-order chi connectivity index (χ1) is 13.1. The van der Waals surface area contributed by atoms with Crippen LogP contribution in [0.1, 0.15) is 12.5 Å². The molecule has 2 aromatic rings. The normalized spacial score (nSPS) is 30.3. The van der Waals surface area contributed by atoms with E-state index >= 15 is 0 Å². The van der Waals surface area contributed by atoms with E-state index in [4.69, 9.17) is 21.1 Å². The lowest BCUT2D eigenvalue weighted by Gasteiger charge is -2.45. The number of ether oxygens (including phenoxy) is 2. The Morgan fingerprint density at radius 2 is 1.82 bits per heavy atom. The number of rotatable bonds is 4. The molecule has 1 saturated heterocycles. The molecular formula is C20H22ClFO6. The summed E-state index contributed by atoms with van der Waals surface area (Å²) in [5.74, 6) is -0.125. The average molecular weight is 413 g/mol. The van der Waals surface area contributed by atoms with Crippen molar-refractivity contribution in [2.24, 2.45) is 0 Å². The van der Waals surface area contributed by atoms with E-state index in [1.54, 1.807) is 31.2 Å². The third-order valence-electron chi connectivity index (χ3n) is 4.92. The summed E-state index contributed by atoms with van der Waals surface area (Å²) in [7, 11) is 0. The summed E-state index contributed by atoms with van der Waals surface area (Å²) in [6.07, 6.45) is -5.43. The maximum absolute atomic E-state index is 13.4. The van der Waals surface area contributed by atoms with Crippen LogP contribution in [-0.4, -0.2) is 57.2 Å². The highest BCUT2D eigenvalue weighted by atomic mass is 35.5. The van der Waals surface area contributed by atoms with Crippen LogP contribution in [0, 0.1) is 12.7 Å². The minimum absolute atomic E-state index is 0.0183. The average Bonchev–Trinajstić information content (AvgIpc) is 2.66. The summed E-state index contributed by atoms with van der Waals surface area (Å²) in [5, 5.41) is 40.0. The van der Waals surface area contributed by atoms with Crippen LogP contribution in [0.5, 0.6) is 5.75 Å². The lowest BCUT2D eigenvalue weighted by Crippen LogP contribution is -2.66. The molecule has 5 atom stereocenters. The molecule has 1 aliphatic rings. The third-order valence-corrected chi connectivity index (χ3v) is 5.21. The van der Waals surface area contributed by atoms with Crippen molar-refractivity contribution in [1.82, 2.24) is 0 Å². The van der Waals surface area contributed by atoms with Gasteiger partial charge in [-0.05, 0) is 54.8 Å². The highest BCUT2D eigenvalue weighted by molar-refractivity contribution is 6.31. The summed E-state index contributed by atoms with van der Waals surface area (Å²) in [5.41, 5.74) is 0.298. The summed E-state index contributed by atoms with van der Waals surface area (Å²) < 4.78 is 24.6. The monoisotopic (exact) mass is 412 g/mol. The van der Waals surface area contributed by atoms with Gasteiger partial charge in [-0.1, -0.05) is 23.7 Å². The Morgan fingerprint density at radius 1 is 1.18 bits per heavy atom. The van der Waals surface area contributed by atoms with Crippen molar-refractivity contribution in [3.63, 3.8) is 0 Å². The van der Waals surface area contributed by atoms with Gasteiger partial charge in [0.25, 0.3) is 0 Å². The van der Waals surface area contributed by atoms with Crippen molar-refractivity contribution in [2.75, 3.05) is 6.61 Å². The lowest BCUT2D eigenvalue weighted by atomic mass is 9.88. The first kappa shape index (κ1) is 21.0. The Morgan fingerprint density at radius 3 is 2.43 bits per heavy atom. The number of halogens is 2. The van der Waals surface area contributed by atoms with Crippen LogP contribution in [-0.2, 0) is 4.74 Å². The largest absolute Gasteiger partial charge is 0.461 e. The van der Waals surface area contributed by atoms with Crippen molar-refractivity contribution in [1.29, 1.82) is 0 Å². The minimum atomic E-state index is -1.90. The summed E-state index contributed by atoms with van der Waals surface area (Å²) in [4.78, 5) is 0. The molecule has 8 heteroatoms. The van der Waals surface area contributed by atoms with Crippen molar-refractivity contribution in [2.45, 2.75) is 44.1 Å². The SMILES string of the molecule is Cc1cc(-c2ccc(F)c(Cl)c2)ccc1OC1OC(CO)C(O)C(O)C1(C)O. The van der Waals surface area contributed by atoms with Crippen LogP contribution in [0.3, 0.4) is 0 Å². The number of aryl methyl sites for hydroxylation is 1. The fraction of sp³-hybridized carbons (Fsp3) is 0.400. The molecule has 152 valence electrons. The van der Waals surface area contributed by atoms with Crippen molar-refractivity contribution >= 4 is 11.6 Å². The molecule has 0 aromatic heterocycles. The Balaban J connectivity index is 1.85. The van der Waals surface area contributed by atoms with E-state index in [9.17, 15) is 24.8 Å². The Kier molecular flexibility index (Phi) is 5.95. The molecule has 0 aliphatic carbocycles. The molecule has 2 aromatic carbocycles. The van der Waals surface area contributed by atoms with E-state index in [-0.39, 0.29) is 5.02 Å². The molecule has 5 unspecified atom stereocenters. The predicted octanol–water partition coefficient (Wildman–Crippen LogP) is 2.02. The summed E-state index contributed by atoms with van der Waals surface area (Å²) >= 11 is 5.84. The molecule has 28 heavy (non-hydrogen) atoms. The van der Waals surface area contributed by atoms with E-state index in [0.29, 0.717) is 11.3 Å². The Hall–Kier alpha value is -1.74. The number of hydrogen-bond donors (Lipinski definition) is 4. The second-order valence-electron chi connectivity index (χ2n) is 7.08. The molecule has 0 radical (unpaired) electrons. The first-order valence-corrected chi connectivity index (χ1v) is 9.10. The van der Waals surface area contributed by atoms with Crippen molar-refractivity contribution in [3.8, 4) is 16.9 Å². The fourth-order valence-corrected chi connectivity index (χ4v) is 3.30. The van der Waals surface area contributed by atoms with Crippen LogP contribution < -0.4 is 4.74 Å². The van der Waals surface area contributed by atoms with Crippen molar-refractivity contribution in [3.05, 3.63) is 52.8 Å². The zero-order valence-corrected chi connectivity index (χ0v) is 16.1. The van der Waals surface area contributed by atoms with Gasteiger partial charge < -0.3 is 29.9 Å². The van der Waals surface area contributed by atoms with Gasteiger partial charge in [-0.25, -0.2) is 4.39 Å². The van der Waals surface area contributed by atoms with Gasteiger partial charge >= 0.3 is 0 Å². The number of aliphatic hydroxyl groups excluding tert-OH is 3. The van der Waals surface area contributed by atoms with Gasteiger partial charge in [-0.2, -0.15) is 0 Å². The van der Waals surface area contributed by atoms with Gasteiger partial charge in [-0.3, -0.25) is 0 Å². The van der Waals surface area contributed by atoms with Crippen LogP contribution in [0.2, 0.25) is 5.02 Å². The van der Waals surface area contributed by atoms with Crippen LogP contribution in [0.25, 0.3) is 11.1 Å². The quantitative estimate of drug-likeness (QED) is 0.613. The standard InChI is InChI=1S/C20H22ClFO6/c1-10-7-11(12-3-5-14(22)13(21)8-12)4-6-15(10)27-19-20(2,26)18(25)17(24)16(9-23)28-19/h3-8,16-19,23-26H,9H2,1-2H3. The Labute approximate surface area is 166 Å². The van der Waals surface area contributed by atoms with Gasteiger partial charge in [0, 0.05) is 0 Å². The van der Waals surface area contributed by atoms with Crippen LogP contribution in [0.15, 0.2) is 36.4 Å². The highest BCUT2D eigenvalue weighted by Gasteiger charge is 2.53. The van der Waals surface area contributed by atoms with Gasteiger partial charge in [0.05, 0.1) is 11.6 Å². The first-order valence-electron chi connectivity index (χ1n) is 8.72. The maximum atomic E-state index is 13.4. The molecule has 1 aliphatic heterocycles. The zero-order valence-electron chi connectivity index (χ0n) is 15.3. The van der Waals surface area contributed by atoms with Crippen molar-refractivity contribution < 1.29 is 34.3 Å². The molecule has 3 rings (SSSR count). The fourth-order valence-electron chi connectivity index (χ4n) is 3.12. The number of aliphatic hydroxyl groups is 4.